The van der Waals surface area contributed by atoms with Crippen LogP contribution in [0.5, 0.6) is 0 Å². The van der Waals surface area contributed by atoms with Crippen LogP contribution in [0.15, 0.2) is 30.3 Å². The lowest BCUT2D eigenvalue weighted by Crippen LogP contribution is -2.31. The van der Waals surface area contributed by atoms with Crippen molar-refractivity contribution in [2.45, 2.75) is 37.4 Å². The Balaban J connectivity index is 2.03. The minimum atomic E-state index is 0.736. The highest BCUT2D eigenvalue weighted by Gasteiger charge is 2.30. The van der Waals surface area contributed by atoms with Crippen molar-refractivity contribution in [2.24, 2.45) is 11.7 Å². The average molecular weight is 249 g/mol. The van der Waals surface area contributed by atoms with Gasteiger partial charge in [0, 0.05) is 5.25 Å². The van der Waals surface area contributed by atoms with Crippen molar-refractivity contribution in [3.05, 3.63) is 35.9 Å². The largest absolute Gasteiger partial charge is 0.330 e. The van der Waals surface area contributed by atoms with Crippen LogP contribution in [0.2, 0.25) is 0 Å². The SMILES string of the molecule is CCSC1CC(c2ccccc2)CCC1CN. The van der Waals surface area contributed by atoms with Crippen molar-refractivity contribution in [3.63, 3.8) is 0 Å². The van der Waals surface area contributed by atoms with Crippen LogP contribution in [0.1, 0.15) is 37.7 Å². The molecule has 1 fully saturated rings. The van der Waals surface area contributed by atoms with E-state index in [1.54, 1.807) is 0 Å². The number of nitrogens with two attached hydrogens (primary N) is 1. The molecule has 1 saturated carbocycles. The smallest absolute Gasteiger partial charge is 0.00930 e. The van der Waals surface area contributed by atoms with Gasteiger partial charge in [0.25, 0.3) is 0 Å². The molecule has 1 aliphatic carbocycles. The molecule has 0 aliphatic heterocycles. The van der Waals surface area contributed by atoms with Crippen molar-refractivity contribution in [1.82, 2.24) is 0 Å². The molecule has 0 amide bonds. The standard InChI is InChI=1S/C15H23NS/c1-2-17-15-10-13(8-9-14(15)11-16)12-6-4-3-5-7-12/h3-7,13-15H,2,8-11,16H2,1H3. The lowest BCUT2D eigenvalue weighted by atomic mass is 9.78. The van der Waals surface area contributed by atoms with E-state index in [1.165, 1.54) is 30.6 Å². The number of benzene rings is 1. The van der Waals surface area contributed by atoms with Crippen LogP contribution in [0.25, 0.3) is 0 Å². The maximum Gasteiger partial charge on any atom is 0.00930 e. The van der Waals surface area contributed by atoms with Gasteiger partial charge in [0.1, 0.15) is 0 Å². The van der Waals surface area contributed by atoms with Crippen LogP contribution >= 0.6 is 11.8 Å². The van der Waals surface area contributed by atoms with Crippen molar-refractivity contribution in [3.8, 4) is 0 Å². The predicted molar refractivity (Wildman–Crippen MR) is 77.5 cm³/mol. The first-order valence-corrected chi connectivity index (χ1v) is 7.76. The highest BCUT2D eigenvalue weighted by atomic mass is 32.2. The summed E-state index contributed by atoms with van der Waals surface area (Å²) < 4.78 is 0. The maximum absolute atomic E-state index is 5.89. The molecule has 0 radical (unpaired) electrons. The molecule has 0 heterocycles. The summed E-state index contributed by atoms with van der Waals surface area (Å²) in [4.78, 5) is 0. The molecule has 0 spiro atoms. The topological polar surface area (TPSA) is 26.0 Å². The Kier molecular flexibility index (Phi) is 4.93. The van der Waals surface area contributed by atoms with E-state index in [1.807, 2.05) is 0 Å². The van der Waals surface area contributed by atoms with E-state index in [0.717, 1.165) is 23.6 Å². The Morgan fingerprint density at radius 3 is 2.65 bits per heavy atom. The van der Waals surface area contributed by atoms with Gasteiger partial charge in [-0.2, -0.15) is 11.8 Å². The van der Waals surface area contributed by atoms with Gasteiger partial charge in [0.05, 0.1) is 0 Å². The molecule has 94 valence electrons. The Morgan fingerprint density at radius 2 is 2.00 bits per heavy atom. The summed E-state index contributed by atoms with van der Waals surface area (Å²) in [6.45, 7) is 3.11. The van der Waals surface area contributed by atoms with Gasteiger partial charge in [-0.05, 0) is 49.0 Å². The van der Waals surface area contributed by atoms with E-state index in [2.05, 4.69) is 49.0 Å². The average Bonchev–Trinajstić information content (AvgIpc) is 2.40. The van der Waals surface area contributed by atoms with Gasteiger partial charge in [-0.15, -0.1) is 0 Å². The molecule has 2 rings (SSSR count). The highest BCUT2D eigenvalue weighted by molar-refractivity contribution is 7.99. The number of thioether (sulfide) groups is 1. The van der Waals surface area contributed by atoms with Crippen LogP contribution in [0.4, 0.5) is 0 Å². The number of hydrogen-bond acceptors (Lipinski definition) is 2. The van der Waals surface area contributed by atoms with Crippen molar-refractivity contribution < 1.29 is 0 Å². The summed E-state index contributed by atoms with van der Waals surface area (Å²) in [5.74, 6) is 2.70. The summed E-state index contributed by atoms with van der Waals surface area (Å²) in [7, 11) is 0. The van der Waals surface area contributed by atoms with Gasteiger partial charge in [0.2, 0.25) is 0 Å². The minimum Gasteiger partial charge on any atom is -0.330 e. The second-order valence-corrected chi connectivity index (χ2v) is 6.43. The first-order valence-electron chi connectivity index (χ1n) is 6.71. The monoisotopic (exact) mass is 249 g/mol. The molecule has 1 nitrogen and oxygen atoms in total. The third-order valence-corrected chi connectivity index (χ3v) is 5.22. The minimum absolute atomic E-state index is 0.736. The van der Waals surface area contributed by atoms with Gasteiger partial charge in [-0.3, -0.25) is 0 Å². The fourth-order valence-corrected chi connectivity index (χ4v) is 4.22. The zero-order chi connectivity index (χ0) is 12.1. The van der Waals surface area contributed by atoms with E-state index in [9.17, 15) is 0 Å². The molecule has 0 bridgehead atoms. The lowest BCUT2D eigenvalue weighted by Gasteiger charge is -2.35. The van der Waals surface area contributed by atoms with E-state index >= 15 is 0 Å². The molecule has 3 unspecified atom stereocenters. The Morgan fingerprint density at radius 1 is 1.24 bits per heavy atom. The summed E-state index contributed by atoms with van der Waals surface area (Å²) in [6, 6.07) is 11.0. The second kappa shape index (κ2) is 6.46. The fourth-order valence-electron chi connectivity index (χ4n) is 2.91. The molecule has 1 aliphatic rings. The Bertz CT molecular complexity index is 325. The molecule has 0 aromatic heterocycles. The first kappa shape index (κ1) is 13.0. The van der Waals surface area contributed by atoms with Gasteiger partial charge in [-0.1, -0.05) is 37.3 Å². The molecule has 2 heteroatoms. The molecule has 17 heavy (non-hydrogen) atoms. The van der Waals surface area contributed by atoms with Gasteiger partial charge < -0.3 is 5.73 Å². The molecular formula is C15H23NS. The first-order chi connectivity index (χ1) is 8.35. The van der Waals surface area contributed by atoms with Crippen LogP contribution in [0, 0.1) is 5.92 Å². The lowest BCUT2D eigenvalue weighted by molar-refractivity contribution is 0.344. The third-order valence-electron chi connectivity index (χ3n) is 3.88. The molecule has 0 saturated heterocycles. The normalized spacial score (nSPS) is 29.2. The van der Waals surface area contributed by atoms with E-state index in [4.69, 9.17) is 5.73 Å². The molecule has 1 aromatic carbocycles. The van der Waals surface area contributed by atoms with Gasteiger partial charge in [-0.25, -0.2) is 0 Å². The zero-order valence-electron chi connectivity index (χ0n) is 10.6. The quantitative estimate of drug-likeness (QED) is 0.881. The van der Waals surface area contributed by atoms with Crippen molar-refractivity contribution >= 4 is 11.8 Å². The summed E-state index contributed by atoms with van der Waals surface area (Å²) in [5.41, 5.74) is 7.41. The van der Waals surface area contributed by atoms with Crippen LogP contribution in [-0.4, -0.2) is 17.5 Å². The van der Waals surface area contributed by atoms with Crippen molar-refractivity contribution in [2.75, 3.05) is 12.3 Å². The summed E-state index contributed by atoms with van der Waals surface area (Å²) in [6.07, 6.45) is 3.92. The van der Waals surface area contributed by atoms with E-state index in [0.29, 0.717) is 0 Å². The van der Waals surface area contributed by atoms with Crippen LogP contribution in [-0.2, 0) is 0 Å². The van der Waals surface area contributed by atoms with Crippen molar-refractivity contribution in [1.29, 1.82) is 0 Å². The Labute approximate surface area is 109 Å². The number of rotatable bonds is 4. The zero-order valence-corrected chi connectivity index (χ0v) is 11.5. The molecule has 2 N–H and O–H groups in total. The molecule has 3 atom stereocenters. The van der Waals surface area contributed by atoms with E-state index in [-0.39, 0.29) is 0 Å². The van der Waals surface area contributed by atoms with Gasteiger partial charge in [0.15, 0.2) is 0 Å². The second-order valence-electron chi connectivity index (χ2n) is 4.91. The number of hydrogen-bond donors (Lipinski definition) is 1. The van der Waals surface area contributed by atoms with Crippen LogP contribution < -0.4 is 5.73 Å². The fraction of sp³-hybridized carbons (Fsp3) is 0.600. The maximum atomic E-state index is 5.89. The van der Waals surface area contributed by atoms with E-state index < -0.39 is 0 Å². The summed E-state index contributed by atoms with van der Waals surface area (Å²) >= 11 is 2.10. The molecule has 1 aromatic rings. The summed E-state index contributed by atoms with van der Waals surface area (Å²) in [5, 5.41) is 0.768. The highest BCUT2D eigenvalue weighted by Crippen LogP contribution is 2.40. The predicted octanol–water partition coefficient (Wildman–Crippen LogP) is 3.65. The van der Waals surface area contributed by atoms with Gasteiger partial charge >= 0.3 is 0 Å². The van der Waals surface area contributed by atoms with Crippen LogP contribution in [0.3, 0.4) is 0 Å². The third kappa shape index (κ3) is 3.26. The Hall–Kier alpha value is -0.470. The molecular weight excluding hydrogens is 226 g/mol.